The number of nitrogens with one attached hydrogen (secondary N) is 1. The second-order valence-electron chi connectivity index (χ2n) is 8.44. The number of rotatable bonds is 8. The summed E-state index contributed by atoms with van der Waals surface area (Å²) >= 11 is 1.64. The molecule has 1 N–H and O–H groups in total. The molecular weight excluding hydrogens is 452 g/mol. The molecule has 35 heavy (non-hydrogen) atoms. The van der Waals surface area contributed by atoms with Crippen LogP contribution in [-0.4, -0.2) is 17.5 Å². The molecule has 1 heterocycles. The van der Waals surface area contributed by atoms with E-state index >= 15 is 0 Å². The van der Waals surface area contributed by atoms with Crippen molar-refractivity contribution in [3.8, 4) is 27.6 Å². The zero-order valence-electron chi connectivity index (χ0n) is 19.5. The van der Waals surface area contributed by atoms with Crippen molar-refractivity contribution < 1.29 is 9.53 Å². The van der Waals surface area contributed by atoms with Crippen LogP contribution in [0.1, 0.15) is 18.4 Å². The van der Waals surface area contributed by atoms with E-state index in [2.05, 4.69) is 48.0 Å². The Morgan fingerprint density at radius 2 is 1.69 bits per heavy atom. The van der Waals surface area contributed by atoms with Gasteiger partial charge >= 0.3 is 0 Å². The minimum absolute atomic E-state index is 0.0182. The second-order valence-corrected chi connectivity index (χ2v) is 9.30. The predicted molar refractivity (Wildman–Crippen MR) is 145 cm³/mol. The zero-order valence-corrected chi connectivity index (χ0v) is 20.3. The van der Waals surface area contributed by atoms with E-state index in [1.165, 1.54) is 10.9 Å². The number of anilines is 1. The van der Waals surface area contributed by atoms with E-state index in [1.807, 2.05) is 60.7 Å². The van der Waals surface area contributed by atoms with Crippen LogP contribution in [0.3, 0.4) is 0 Å². The van der Waals surface area contributed by atoms with Gasteiger partial charge in [0.25, 0.3) is 0 Å². The van der Waals surface area contributed by atoms with Crippen molar-refractivity contribution in [2.24, 2.45) is 0 Å². The van der Waals surface area contributed by atoms with Gasteiger partial charge in [-0.25, -0.2) is 4.98 Å². The number of nitrogens with zero attached hydrogens (tertiary/aromatic N) is 1. The molecule has 0 fully saturated rings. The molecule has 0 atom stereocenters. The van der Waals surface area contributed by atoms with Crippen molar-refractivity contribution >= 4 is 33.7 Å². The quantitative estimate of drug-likeness (QED) is 0.232. The van der Waals surface area contributed by atoms with E-state index in [-0.39, 0.29) is 5.91 Å². The topological polar surface area (TPSA) is 51.2 Å². The molecule has 0 bridgehead atoms. The zero-order chi connectivity index (χ0) is 24.0. The number of carbonyl (C=O) groups excluding carboxylic acids is 1. The molecule has 4 aromatic carbocycles. The Morgan fingerprint density at radius 3 is 2.51 bits per heavy atom. The molecule has 5 aromatic rings. The van der Waals surface area contributed by atoms with Gasteiger partial charge in [-0.3, -0.25) is 4.79 Å². The number of carbonyl (C=O) groups is 1. The number of thiazole rings is 1. The third-order valence-electron chi connectivity index (χ3n) is 5.88. The van der Waals surface area contributed by atoms with Crippen LogP contribution in [0, 0.1) is 6.92 Å². The third kappa shape index (κ3) is 5.58. The molecule has 1 aromatic heterocycles. The maximum Gasteiger partial charge on any atom is 0.224 e. The van der Waals surface area contributed by atoms with Gasteiger partial charge in [-0.05, 0) is 53.9 Å². The lowest BCUT2D eigenvalue weighted by Crippen LogP contribution is -2.12. The molecule has 0 aliphatic carbocycles. The normalized spacial score (nSPS) is 10.9. The SMILES string of the molecule is Cc1ccccc1-c1nc(-c2ccc(NC(=O)CCCOc3ccc4ccccc4c3)cc2)cs1. The van der Waals surface area contributed by atoms with Crippen LogP contribution < -0.4 is 10.1 Å². The smallest absolute Gasteiger partial charge is 0.224 e. The summed E-state index contributed by atoms with van der Waals surface area (Å²) in [7, 11) is 0. The van der Waals surface area contributed by atoms with Gasteiger partial charge in [0.05, 0.1) is 12.3 Å². The summed E-state index contributed by atoms with van der Waals surface area (Å²) in [6.07, 6.45) is 1.05. The van der Waals surface area contributed by atoms with Gasteiger partial charge < -0.3 is 10.1 Å². The van der Waals surface area contributed by atoms with Gasteiger partial charge in [-0.2, -0.15) is 0 Å². The minimum atomic E-state index is -0.0182. The van der Waals surface area contributed by atoms with Crippen LogP contribution in [0.4, 0.5) is 5.69 Å². The van der Waals surface area contributed by atoms with E-state index < -0.39 is 0 Å². The van der Waals surface area contributed by atoms with Crippen molar-refractivity contribution in [2.45, 2.75) is 19.8 Å². The maximum atomic E-state index is 12.4. The minimum Gasteiger partial charge on any atom is -0.494 e. The lowest BCUT2D eigenvalue weighted by atomic mass is 10.1. The maximum absolute atomic E-state index is 12.4. The second kappa shape index (κ2) is 10.5. The number of fused-ring (bicyclic) bond motifs is 1. The largest absolute Gasteiger partial charge is 0.494 e. The molecule has 5 heteroatoms. The number of hydrogen-bond acceptors (Lipinski definition) is 4. The first-order valence-corrected chi connectivity index (χ1v) is 12.6. The van der Waals surface area contributed by atoms with Crippen molar-refractivity contribution in [3.05, 3.63) is 102 Å². The first kappa shape index (κ1) is 22.8. The van der Waals surface area contributed by atoms with E-state index in [9.17, 15) is 4.79 Å². The van der Waals surface area contributed by atoms with E-state index in [1.54, 1.807) is 11.3 Å². The molecule has 0 spiro atoms. The Balaban J connectivity index is 1.11. The molecule has 0 aliphatic heterocycles. The van der Waals surface area contributed by atoms with Crippen LogP contribution in [0.5, 0.6) is 5.75 Å². The number of aromatic nitrogens is 1. The Labute approximate surface area is 209 Å². The van der Waals surface area contributed by atoms with Gasteiger partial charge in [0.2, 0.25) is 5.91 Å². The first-order chi connectivity index (χ1) is 17.2. The highest BCUT2D eigenvalue weighted by Crippen LogP contribution is 2.31. The fourth-order valence-corrected chi connectivity index (χ4v) is 4.89. The highest BCUT2D eigenvalue weighted by atomic mass is 32.1. The molecule has 0 saturated carbocycles. The van der Waals surface area contributed by atoms with Crippen molar-refractivity contribution in [1.29, 1.82) is 0 Å². The van der Waals surface area contributed by atoms with Crippen LogP contribution in [-0.2, 0) is 4.79 Å². The monoisotopic (exact) mass is 478 g/mol. The lowest BCUT2D eigenvalue weighted by Gasteiger charge is -2.08. The summed E-state index contributed by atoms with van der Waals surface area (Å²) in [5.74, 6) is 0.808. The molecule has 0 aliphatic rings. The van der Waals surface area contributed by atoms with Gasteiger partial charge in [0, 0.05) is 28.6 Å². The van der Waals surface area contributed by atoms with Crippen molar-refractivity contribution in [2.75, 3.05) is 11.9 Å². The first-order valence-electron chi connectivity index (χ1n) is 11.7. The fourth-order valence-electron chi connectivity index (χ4n) is 3.97. The lowest BCUT2D eigenvalue weighted by molar-refractivity contribution is -0.116. The van der Waals surface area contributed by atoms with Crippen molar-refractivity contribution in [1.82, 2.24) is 4.98 Å². The van der Waals surface area contributed by atoms with Gasteiger partial charge in [0.15, 0.2) is 0 Å². The van der Waals surface area contributed by atoms with Gasteiger partial charge in [-0.15, -0.1) is 11.3 Å². The summed E-state index contributed by atoms with van der Waals surface area (Å²) in [6.45, 7) is 2.60. The number of ether oxygens (including phenoxy) is 1. The Kier molecular flexibility index (Phi) is 6.87. The average Bonchev–Trinajstić information content (AvgIpc) is 3.37. The van der Waals surface area contributed by atoms with Gasteiger partial charge in [0.1, 0.15) is 10.8 Å². The van der Waals surface area contributed by atoms with Gasteiger partial charge in [-0.1, -0.05) is 66.7 Å². The Hall–Kier alpha value is -3.96. The van der Waals surface area contributed by atoms with Crippen LogP contribution in [0.15, 0.2) is 96.4 Å². The molecule has 5 rings (SSSR count). The van der Waals surface area contributed by atoms with Crippen LogP contribution in [0.2, 0.25) is 0 Å². The summed E-state index contributed by atoms with van der Waals surface area (Å²) < 4.78 is 5.83. The van der Waals surface area contributed by atoms with Crippen LogP contribution >= 0.6 is 11.3 Å². The molecule has 4 nitrogen and oxygen atoms in total. The van der Waals surface area contributed by atoms with E-state index in [0.717, 1.165) is 38.7 Å². The average molecular weight is 479 g/mol. The Bertz CT molecular complexity index is 1460. The van der Waals surface area contributed by atoms with E-state index in [0.29, 0.717) is 19.4 Å². The molecule has 1 amide bonds. The molecule has 174 valence electrons. The Morgan fingerprint density at radius 1 is 0.914 bits per heavy atom. The van der Waals surface area contributed by atoms with E-state index in [4.69, 9.17) is 9.72 Å². The number of benzene rings is 4. The predicted octanol–water partition coefficient (Wildman–Crippen LogP) is 7.74. The standard InChI is InChI=1S/C30H26N2O2S/c1-21-7-2-5-10-27(21)30-32-28(20-35-30)23-12-15-25(16-13-23)31-29(33)11-6-18-34-26-17-14-22-8-3-4-9-24(22)19-26/h2-5,7-10,12-17,19-20H,6,11,18H2,1H3,(H,31,33). The molecule has 0 unspecified atom stereocenters. The summed E-state index contributed by atoms with van der Waals surface area (Å²) in [5, 5.41) is 8.39. The summed E-state index contributed by atoms with van der Waals surface area (Å²) in [6, 6.07) is 30.4. The summed E-state index contributed by atoms with van der Waals surface area (Å²) in [4.78, 5) is 17.2. The van der Waals surface area contributed by atoms with Crippen molar-refractivity contribution in [3.63, 3.8) is 0 Å². The number of aryl methyl sites for hydroxylation is 1. The highest BCUT2D eigenvalue weighted by Gasteiger charge is 2.09. The summed E-state index contributed by atoms with van der Waals surface area (Å²) in [5.41, 5.74) is 5.13. The number of amides is 1. The number of hydrogen-bond donors (Lipinski definition) is 1. The van der Waals surface area contributed by atoms with Crippen LogP contribution in [0.25, 0.3) is 32.6 Å². The molecule has 0 saturated heterocycles. The fraction of sp³-hybridized carbons (Fsp3) is 0.133. The third-order valence-corrected chi connectivity index (χ3v) is 6.76. The molecule has 0 radical (unpaired) electrons. The molecular formula is C30H26N2O2S. The highest BCUT2D eigenvalue weighted by molar-refractivity contribution is 7.13.